The fourth-order valence-corrected chi connectivity index (χ4v) is 2.75. The van der Waals surface area contributed by atoms with Crippen molar-refractivity contribution in [3.63, 3.8) is 0 Å². The number of aromatic nitrogens is 1. The molecule has 0 saturated heterocycles. The van der Waals surface area contributed by atoms with Crippen LogP contribution in [0.2, 0.25) is 0 Å². The summed E-state index contributed by atoms with van der Waals surface area (Å²) in [6.07, 6.45) is -0.399. The van der Waals surface area contributed by atoms with Gasteiger partial charge < -0.3 is 4.74 Å². The molecule has 0 unspecified atom stereocenters. The van der Waals surface area contributed by atoms with Crippen molar-refractivity contribution in [2.75, 3.05) is 0 Å². The number of hydrogen-bond acceptors (Lipinski definition) is 2. The molecule has 0 N–H and O–H groups in total. The number of hydrogen-bond donors (Lipinski definition) is 0. The number of ether oxygens (including phenoxy) is 1. The second-order valence-electron chi connectivity index (χ2n) is 5.05. The molecule has 3 heteroatoms. The SMILES string of the molecule is O=C(Oc1ccccc1)n1c2ccccc2c2ccccc21. The average molecular weight is 287 g/mol. The molecular formula is C19H13NO2. The minimum absolute atomic E-state index is 0.399. The average Bonchev–Trinajstić information content (AvgIpc) is 2.90. The Balaban J connectivity index is 1.91. The van der Waals surface area contributed by atoms with Crippen LogP contribution in [0.5, 0.6) is 5.75 Å². The van der Waals surface area contributed by atoms with Crippen molar-refractivity contribution in [2.24, 2.45) is 0 Å². The molecular weight excluding hydrogens is 274 g/mol. The summed E-state index contributed by atoms with van der Waals surface area (Å²) in [5.41, 5.74) is 1.70. The number of carbonyl (C=O) groups excluding carboxylic acids is 1. The molecule has 3 nitrogen and oxygen atoms in total. The molecule has 106 valence electrons. The summed E-state index contributed by atoms with van der Waals surface area (Å²) in [7, 11) is 0. The Morgan fingerprint density at radius 2 is 1.18 bits per heavy atom. The lowest BCUT2D eigenvalue weighted by Crippen LogP contribution is -2.16. The Labute approximate surface area is 127 Å². The molecule has 0 bridgehead atoms. The van der Waals surface area contributed by atoms with Gasteiger partial charge in [-0.15, -0.1) is 0 Å². The van der Waals surface area contributed by atoms with Crippen LogP contribution >= 0.6 is 0 Å². The molecule has 0 aliphatic heterocycles. The standard InChI is InChI=1S/C19H13NO2/c21-19(22-14-8-2-1-3-9-14)20-17-12-6-4-10-15(17)16-11-5-7-13-18(16)20/h1-13H. The molecule has 0 radical (unpaired) electrons. The zero-order valence-corrected chi connectivity index (χ0v) is 11.8. The number of para-hydroxylation sites is 3. The molecule has 0 amide bonds. The monoisotopic (exact) mass is 287 g/mol. The molecule has 0 aliphatic rings. The quantitative estimate of drug-likeness (QED) is 0.501. The lowest BCUT2D eigenvalue weighted by Gasteiger charge is -2.07. The fourth-order valence-electron chi connectivity index (χ4n) is 2.75. The van der Waals surface area contributed by atoms with Gasteiger partial charge in [-0.1, -0.05) is 54.6 Å². The van der Waals surface area contributed by atoms with Crippen LogP contribution in [-0.4, -0.2) is 10.7 Å². The molecule has 4 rings (SSSR count). The van der Waals surface area contributed by atoms with Crippen molar-refractivity contribution >= 4 is 27.9 Å². The van der Waals surface area contributed by atoms with Gasteiger partial charge in [0.1, 0.15) is 5.75 Å². The molecule has 0 saturated carbocycles. The summed E-state index contributed by atoms with van der Waals surface area (Å²) in [5.74, 6) is 0.536. The van der Waals surface area contributed by atoms with E-state index < -0.39 is 6.09 Å². The number of carbonyl (C=O) groups is 1. The predicted molar refractivity (Wildman–Crippen MR) is 87.3 cm³/mol. The van der Waals surface area contributed by atoms with Gasteiger partial charge in [-0.3, -0.25) is 0 Å². The van der Waals surface area contributed by atoms with Crippen molar-refractivity contribution in [1.82, 2.24) is 4.57 Å². The zero-order chi connectivity index (χ0) is 14.9. The van der Waals surface area contributed by atoms with E-state index in [2.05, 4.69) is 0 Å². The van der Waals surface area contributed by atoms with E-state index in [-0.39, 0.29) is 0 Å². The molecule has 22 heavy (non-hydrogen) atoms. The number of benzene rings is 3. The van der Waals surface area contributed by atoms with E-state index in [4.69, 9.17) is 4.74 Å². The van der Waals surface area contributed by atoms with Gasteiger partial charge in [-0.2, -0.15) is 0 Å². The molecule has 4 aromatic rings. The smallest absolute Gasteiger partial charge is 0.410 e. The van der Waals surface area contributed by atoms with E-state index in [1.54, 1.807) is 16.7 Å². The Morgan fingerprint density at radius 3 is 1.77 bits per heavy atom. The van der Waals surface area contributed by atoms with Crippen molar-refractivity contribution < 1.29 is 9.53 Å². The first-order chi connectivity index (χ1) is 10.8. The third kappa shape index (κ3) is 1.95. The number of fused-ring (bicyclic) bond motifs is 3. The minimum atomic E-state index is -0.399. The minimum Gasteiger partial charge on any atom is -0.410 e. The highest BCUT2D eigenvalue weighted by Gasteiger charge is 2.16. The summed E-state index contributed by atoms with van der Waals surface area (Å²) in [5, 5.41) is 2.09. The van der Waals surface area contributed by atoms with Gasteiger partial charge in [0.15, 0.2) is 0 Å². The van der Waals surface area contributed by atoms with Gasteiger partial charge in [0.2, 0.25) is 0 Å². The van der Waals surface area contributed by atoms with Crippen molar-refractivity contribution in [1.29, 1.82) is 0 Å². The lowest BCUT2D eigenvalue weighted by atomic mass is 10.2. The van der Waals surface area contributed by atoms with Crippen LogP contribution < -0.4 is 4.74 Å². The van der Waals surface area contributed by atoms with Crippen LogP contribution in [0.15, 0.2) is 78.9 Å². The maximum absolute atomic E-state index is 12.6. The first-order valence-corrected chi connectivity index (χ1v) is 7.10. The largest absolute Gasteiger partial charge is 0.424 e. The van der Waals surface area contributed by atoms with Crippen molar-refractivity contribution in [3.8, 4) is 5.75 Å². The molecule has 1 aromatic heterocycles. The Hall–Kier alpha value is -3.07. The summed E-state index contributed by atoms with van der Waals surface area (Å²) in [6, 6.07) is 24.8. The highest BCUT2D eigenvalue weighted by atomic mass is 16.6. The highest BCUT2D eigenvalue weighted by Crippen LogP contribution is 2.29. The Kier molecular flexibility index (Phi) is 2.90. The predicted octanol–water partition coefficient (Wildman–Crippen LogP) is 4.84. The molecule has 0 atom stereocenters. The highest BCUT2D eigenvalue weighted by molar-refractivity contribution is 6.12. The Bertz CT molecular complexity index is 917. The van der Waals surface area contributed by atoms with Gasteiger partial charge in [0.05, 0.1) is 11.0 Å². The molecule has 0 fully saturated rings. The first kappa shape index (κ1) is 12.7. The first-order valence-electron chi connectivity index (χ1n) is 7.10. The molecule has 0 spiro atoms. The third-order valence-corrected chi connectivity index (χ3v) is 3.71. The van der Waals surface area contributed by atoms with Gasteiger partial charge in [0, 0.05) is 10.8 Å². The summed E-state index contributed by atoms with van der Waals surface area (Å²) < 4.78 is 7.12. The van der Waals surface area contributed by atoms with Crippen LogP contribution in [0.25, 0.3) is 21.8 Å². The van der Waals surface area contributed by atoms with Crippen molar-refractivity contribution in [3.05, 3.63) is 78.9 Å². The third-order valence-electron chi connectivity index (χ3n) is 3.71. The van der Waals surface area contributed by atoms with E-state index in [0.29, 0.717) is 5.75 Å². The van der Waals surface area contributed by atoms with Gasteiger partial charge in [-0.25, -0.2) is 9.36 Å². The van der Waals surface area contributed by atoms with Gasteiger partial charge in [-0.05, 0) is 24.3 Å². The fraction of sp³-hybridized carbons (Fsp3) is 0. The van der Waals surface area contributed by atoms with Crippen molar-refractivity contribution in [2.45, 2.75) is 0 Å². The van der Waals surface area contributed by atoms with Crippen LogP contribution in [0.1, 0.15) is 0 Å². The van der Waals surface area contributed by atoms with Crippen LogP contribution in [0.3, 0.4) is 0 Å². The second-order valence-corrected chi connectivity index (χ2v) is 5.05. The second kappa shape index (κ2) is 5.04. The molecule has 3 aromatic carbocycles. The number of rotatable bonds is 1. The maximum atomic E-state index is 12.6. The van der Waals surface area contributed by atoms with Crippen LogP contribution in [0, 0.1) is 0 Å². The number of nitrogens with zero attached hydrogens (tertiary/aromatic N) is 1. The van der Waals surface area contributed by atoms with E-state index >= 15 is 0 Å². The summed E-state index contributed by atoms with van der Waals surface area (Å²) in [4.78, 5) is 12.6. The van der Waals surface area contributed by atoms with E-state index in [1.165, 1.54) is 0 Å². The van der Waals surface area contributed by atoms with Gasteiger partial charge >= 0.3 is 6.09 Å². The summed E-state index contributed by atoms with van der Waals surface area (Å²) in [6.45, 7) is 0. The normalized spacial score (nSPS) is 10.9. The van der Waals surface area contributed by atoms with E-state index in [9.17, 15) is 4.79 Å². The zero-order valence-electron chi connectivity index (χ0n) is 11.8. The van der Waals surface area contributed by atoms with E-state index in [1.807, 2.05) is 66.7 Å². The van der Waals surface area contributed by atoms with Gasteiger partial charge in [0.25, 0.3) is 0 Å². The lowest BCUT2D eigenvalue weighted by molar-refractivity contribution is 0.204. The molecule has 0 aliphatic carbocycles. The summed E-state index contributed by atoms with van der Waals surface area (Å²) >= 11 is 0. The maximum Gasteiger partial charge on any atom is 0.424 e. The van der Waals surface area contributed by atoms with Crippen LogP contribution in [0.4, 0.5) is 4.79 Å². The van der Waals surface area contributed by atoms with E-state index in [0.717, 1.165) is 21.8 Å². The Morgan fingerprint density at radius 1 is 0.682 bits per heavy atom. The topological polar surface area (TPSA) is 31.2 Å². The van der Waals surface area contributed by atoms with Crippen LogP contribution in [-0.2, 0) is 0 Å². The molecule has 1 heterocycles.